The molecule has 23 heavy (non-hydrogen) atoms. The second-order valence-electron chi connectivity index (χ2n) is 5.45. The number of rotatable bonds is 5. The zero-order valence-corrected chi connectivity index (χ0v) is 13.8. The molecule has 2 aromatic rings. The molecule has 0 saturated carbocycles. The van der Waals surface area contributed by atoms with Gasteiger partial charge in [0.25, 0.3) is 5.91 Å². The van der Waals surface area contributed by atoms with Crippen LogP contribution in [0.3, 0.4) is 0 Å². The second-order valence-corrected chi connectivity index (χ2v) is 6.45. The van der Waals surface area contributed by atoms with Crippen molar-refractivity contribution in [1.29, 1.82) is 0 Å². The third kappa shape index (κ3) is 3.73. The van der Waals surface area contributed by atoms with Gasteiger partial charge in [-0.2, -0.15) is 0 Å². The summed E-state index contributed by atoms with van der Waals surface area (Å²) < 4.78 is 13.8. The fourth-order valence-electron chi connectivity index (χ4n) is 2.08. The largest absolute Gasteiger partial charge is 0.480 e. The highest BCUT2D eigenvalue weighted by Gasteiger charge is 2.26. The van der Waals surface area contributed by atoms with E-state index in [0.29, 0.717) is 16.3 Å². The van der Waals surface area contributed by atoms with E-state index in [0.717, 1.165) is 11.3 Å². The number of aryl methyl sites for hydroxylation is 1. The molecule has 0 unspecified atom stereocenters. The number of benzene rings is 1. The van der Waals surface area contributed by atoms with E-state index in [1.54, 1.807) is 39.0 Å². The molecule has 1 heterocycles. The zero-order chi connectivity index (χ0) is 17.1. The van der Waals surface area contributed by atoms with Gasteiger partial charge in [0.2, 0.25) is 0 Å². The number of amides is 1. The molecule has 122 valence electrons. The summed E-state index contributed by atoms with van der Waals surface area (Å²) >= 11 is 1.04. The van der Waals surface area contributed by atoms with Crippen LogP contribution >= 0.6 is 11.3 Å². The van der Waals surface area contributed by atoms with E-state index in [1.165, 1.54) is 6.07 Å². The quantitative estimate of drug-likeness (QED) is 0.879. The number of carboxylic acid groups (broad SMARTS) is 1. The molecule has 0 spiro atoms. The molecule has 7 heteroatoms. The van der Waals surface area contributed by atoms with Gasteiger partial charge < -0.3 is 10.4 Å². The minimum atomic E-state index is -1.09. The van der Waals surface area contributed by atoms with Crippen molar-refractivity contribution in [3.05, 3.63) is 40.7 Å². The highest BCUT2D eigenvalue weighted by molar-refractivity contribution is 7.17. The predicted octanol–water partition coefficient (Wildman–Crippen LogP) is 3.10. The molecule has 0 aliphatic heterocycles. The van der Waals surface area contributed by atoms with E-state index in [4.69, 9.17) is 5.11 Å². The van der Waals surface area contributed by atoms with Gasteiger partial charge in [0.05, 0.1) is 5.69 Å². The van der Waals surface area contributed by atoms with Gasteiger partial charge in [0.1, 0.15) is 21.7 Å². The maximum Gasteiger partial charge on any atom is 0.326 e. The fraction of sp³-hybridized carbons (Fsp3) is 0.312. The lowest BCUT2D eigenvalue weighted by molar-refractivity contribution is -0.140. The van der Waals surface area contributed by atoms with Gasteiger partial charge in [-0.1, -0.05) is 26.0 Å². The molecule has 0 aliphatic carbocycles. The Morgan fingerprint density at radius 1 is 1.30 bits per heavy atom. The third-order valence-corrected chi connectivity index (χ3v) is 4.52. The van der Waals surface area contributed by atoms with Crippen LogP contribution in [-0.4, -0.2) is 28.0 Å². The fourth-order valence-corrected chi connectivity index (χ4v) is 3.07. The summed E-state index contributed by atoms with van der Waals surface area (Å²) in [4.78, 5) is 28.0. The lowest BCUT2D eigenvalue weighted by Gasteiger charge is -2.17. The Morgan fingerprint density at radius 2 is 1.96 bits per heavy atom. The molecule has 0 fully saturated rings. The average Bonchev–Trinajstić information content (AvgIpc) is 2.86. The van der Waals surface area contributed by atoms with Gasteiger partial charge in [-0.15, -0.1) is 11.3 Å². The maximum atomic E-state index is 13.8. The van der Waals surface area contributed by atoms with Gasteiger partial charge in [-0.25, -0.2) is 14.2 Å². The van der Waals surface area contributed by atoms with Crippen LogP contribution < -0.4 is 5.32 Å². The molecule has 1 aromatic heterocycles. The van der Waals surface area contributed by atoms with E-state index in [9.17, 15) is 14.0 Å². The molecule has 0 bridgehead atoms. The number of carbonyl (C=O) groups excluding carboxylic acids is 1. The Balaban J connectivity index is 2.29. The molecule has 0 radical (unpaired) electrons. The average molecular weight is 336 g/mol. The Hall–Kier alpha value is -2.28. The topological polar surface area (TPSA) is 79.3 Å². The number of carboxylic acids is 1. The van der Waals surface area contributed by atoms with Crippen molar-refractivity contribution < 1.29 is 19.1 Å². The first-order chi connectivity index (χ1) is 10.8. The Labute approximate surface area is 137 Å². The molecule has 0 aliphatic rings. The van der Waals surface area contributed by atoms with E-state index >= 15 is 0 Å². The maximum absolute atomic E-state index is 13.8. The molecule has 5 nitrogen and oxygen atoms in total. The lowest BCUT2D eigenvalue weighted by Crippen LogP contribution is -2.44. The van der Waals surface area contributed by atoms with Gasteiger partial charge in [-0.05, 0) is 25.0 Å². The van der Waals surface area contributed by atoms with Crippen molar-refractivity contribution >= 4 is 23.2 Å². The van der Waals surface area contributed by atoms with E-state index < -0.39 is 23.7 Å². The van der Waals surface area contributed by atoms with Crippen molar-refractivity contribution in [3.8, 4) is 10.6 Å². The summed E-state index contributed by atoms with van der Waals surface area (Å²) in [6.45, 7) is 5.06. The summed E-state index contributed by atoms with van der Waals surface area (Å²) in [5.74, 6) is -2.27. The highest BCUT2D eigenvalue weighted by atomic mass is 32.1. The van der Waals surface area contributed by atoms with Gasteiger partial charge >= 0.3 is 5.97 Å². The van der Waals surface area contributed by atoms with E-state index in [1.807, 2.05) is 0 Å². The molecule has 1 aromatic carbocycles. The number of nitrogens with one attached hydrogen (secondary N) is 1. The van der Waals surface area contributed by atoms with Crippen LogP contribution in [0.15, 0.2) is 24.3 Å². The molecule has 2 N–H and O–H groups in total. The van der Waals surface area contributed by atoms with Crippen LogP contribution in [0, 0.1) is 18.7 Å². The van der Waals surface area contributed by atoms with Crippen molar-refractivity contribution in [2.24, 2.45) is 5.92 Å². The van der Waals surface area contributed by atoms with Crippen LogP contribution in [-0.2, 0) is 4.79 Å². The lowest BCUT2D eigenvalue weighted by atomic mass is 10.0. The molecule has 1 amide bonds. The normalized spacial score (nSPS) is 12.2. The van der Waals surface area contributed by atoms with Crippen molar-refractivity contribution in [1.82, 2.24) is 10.3 Å². The smallest absolute Gasteiger partial charge is 0.326 e. The van der Waals surface area contributed by atoms with Gasteiger partial charge in [0.15, 0.2) is 0 Å². The summed E-state index contributed by atoms with van der Waals surface area (Å²) in [5, 5.41) is 12.0. The summed E-state index contributed by atoms with van der Waals surface area (Å²) in [6.07, 6.45) is 0. The Kier molecular flexibility index (Phi) is 5.10. The first-order valence-electron chi connectivity index (χ1n) is 7.07. The summed E-state index contributed by atoms with van der Waals surface area (Å²) in [7, 11) is 0. The number of nitrogens with zero attached hydrogens (tertiary/aromatic N) is 1. The zero-order valence-electron chi connectivity index (χ0n) is 13.0. The monoisotopic (exact) mass is 336 g/mol. The standard InChI is InChI=1S/C16H17FN2O3S/c1-8(2)12(16(21)22)19-14(20)13-9(3)18-15(23-13)10-6-4-5-7-11(10)17/h4-8,12H,1-3H3,(H,19,20)(H,21,22)/t12-/m0/s1. The molecule has 1 atom stereocenters. The number of thiazole rings is 1. The van der Waals surface area contributed by atoms with E-state index in [-0.39, 0.29) is 10.8 Å². The summed E-state index contributed by atoms with van der Waals surface area (Å²) in [6, 6.07) is 5.19. The molecular formula is C16H17FN2O3S. The number of carbonyl (C=O) groups is 2. The first kappa shape index (κ1) is 17.1. The SMILES string of the molecule is Cc1nc(-c2ccccc2F)sc1C(=O)N[C@H](C(=O)O)C(C)C. The number of halogens is 1. The minimum absolute atomic E-state index is 0.254. The van der Waals surface area contributed by atoms with Crippen molar-refractivity contribution in [2.75, 3.05) is 0 Å². The van der Waals surface area contributed by atoms with Crippen LogP contribution in [0.5, 0.6) is 0 Å². The van der Waals surface area contributed by atoms with Gasteiger partial charge in [0, 0.05) is 5.56 Å². The van der Waals surface area contributed by atoms with Crippen LogP contribution in [0.25, 0.3) is 10.6 Å². The van der Waals surface area contributed by atoms with Crippen LogP contribution in [0.1, 0.15) is 29.2 Å². The van der Waals surface area contributed by atoms with Crippen LogP contribution in [0.4, 0.5) is 4.39 Å². The second kappa shape index (κ2) is 6.87. The number of hydrogen-bond donors (Lipinski definition) is 2. The number of aliphatic carboxylic acids is 1. The van der Waals surface area contributed by atoms with Crippen LogP contribution in [0.2, 0.25) is 0 Å². The van der Waals surface area contributed by atoms with E-state index in [2.05, 4.69) is 10.3 Å². The molecular weight excluding hydrogens is 319 g/mol. The van der Waals surface area contributed by atoms with Crippen molar-refractivity contribution in [3.63, 3.8) is 0 Å². The Bertz CT molecular complexity index is 743. The number of hydrogen-bond acceptors (Lipinski definition) is 4. The molecule has 2 rings (SSSR count). The number of aromatic nitrogens is 1. The Morgan fingerprint density at radius 3 is 2.52 bits per heavy atom. The van der Waals surface area contributed by atoms with Gasteiger partial charge in [-0.3, -0.25) is 4.79 Å². The first-order valence-corrected chi connectivity index (χ1v) is 7.89. The molecule has 0 saturated heterocycles. The van der Waals surface area contributed by atoms with Crippen molar-refractivity contribution in [2.45, 2.75) is 26.8 Å². The highest BCUT2D eigenvalue weighted by Crippen LogP contribution is 2.29. The third-order valence-electron chi connectivity index (χ3n) is 3.33. The summed E-state index contributed by atoms with van der Waals surface area (Å²) in [5.41, 5.74) is 0.761. The minimum Gasteiger partial charge on any atom is -0.480 e. The predicted molar refractivity (Wildman–Crippen MR) is 86.0 cm³/mol.